The fraction of sp³-hybridized carbons (Fsp3) is 0.368. The van der Waals surface area contributed by atoms with Crippen molar-refractivity contribution in [3.63, 3.8) is 0 Å². The molecule has 4 heterocycles. The fourth-order valence-electron chi connectivity index (χ4n) is 3.34. The van der Waals surface area contributed by atoms with Crippen LogP contribution in [-0.2, 0) is 10.9 Å². The molecule has 1 saturated heterocycles. The highest BCUT2D eigenvalue weighted by Crippen LogP contribution is 2.31. The second kappa shape index (κ2) is 7.50. The van der Waals surface area contributed by atoms with Gasteiger partial charge in [-0.3, -0.25) is 9.30 Å². The van der Waals surface area contributed by atoms with Gasteiger partial charge in [-0.05, 0) is 24.3 Å². The molecule has 6 nitrogen and oxygen atoms in total. The van der Waals surface area contributed by atoms with Gasteiger partial charge in [0.1, 0.15) is 11.8 Å². The molecule has 28 heavy (non-hydrogen) atoms. The summed E-state index contributed by atoms with van der Waals surface area (Å²) in [6, 6.07) is 7.73. The van der Waals surface area contributed by atoms with Crippen molar-refractivity contribution in [2.75, 3.05) is 32.8 Å². The van der Waals surface area contributed by atoms with Gasteiger partial charge in [0.2, 0.25) is 0 Å². The summed E-state index contributed by atoms with van der Waals surface area (Å²) >= 11 is 0. The lowest BCUT2D eigenvalue weighted by Gasteiger charge is -2.32. The zero-order valence-corrected chi connectivity index (χ0v) is 14.9. The van der Waals surface area contributed by atoms with Gasteiger partial charge >= 0.3 is 6.18 Å². The second-order valence-electron chi connectivity index (χ2n) is 6.62. The Morgan fingerprint density at radius 2 is 2.07 bits per heavy atom. The molecule has 0 aromatic carbocycles. The third-order valence-electron chi connectivity index (χ3n) is 4.76. The third-order valence-corrected chi connectivity index (χ3v) is 4.76. The topological polar surface area (TPSA) is 62.9 Å². The maximum absolute atomic E-state index is 13.1. The van der Waals surface area contributed by atoms with E-state index in [4.69, 9.17) is 9.84 Å². The van der Waals surface area contributed by atoms with Gasteiger partial charge in [-0.1, -0.05) is 6.07 Å². The Morgan fingerprint density at radius 1 is 1.21 bits per heavy atom. The van der Waals surface area contributed by atoms with Gasteiger partial charge in [-0.25, -0.2) is 9.97 Å². The minimum atomic E-state index is -4.43. The molecule has 1 aliphatic heterocycles. The molecule has 0 spiro atoms. The van der Waals surface area contributed by atoms with Crippen LogP contribution < -0.4 is 0 Å². The van der Waals surface area contributed by atoms with E-state index < -0.39 is 11.7 Å². The predicted octanol–water partition coefficient (Wildman–Crippen LogP) is 2.78. The van der Waals surface area contributed by atoms with E-state index in [1.165, 1.54) is 16.7 Å². The van der Waals surface area contributed by atoms with Crippen molar-refractivity contribution < 1.29 is 23.0 Å². The molecule has 3 aromatic heterocycles. The van der Waals surface area contributed by atoms with Crippen LogP contribution in [0.2, 0.25) is 0 Å². The van der Waals surface area contributed by atoms with Crippen molar-refractivity contribution in [3.8, 4) is 11.4 Å². The Bertz CT molecular complexity index is 971. The molecule has 1 N–H and O–H groups in total. The number of pyridine rings is 2. The molecule has 0 radical (unpaired) electrons. The third kappa shape index (κ3) is 3.73. The molecule has 1 atom stereocenters. The Hall–Kier alpha value is -2.49. The van der Waals surface area contributed by atoms with Crippen LogP contribution in [0, 0.1) is 0 Å². The second-order valence-corrected chi connectivity index (χ2v) is 6.62. The smallest absolute Gasteiger partial charge is 0.395 e. The van der Waals surface area contributed by atoms with Crippen molar-refractivity contribution in [1.82, 2.24) is 19.3 Å². The van der Waals surface area contributed by atoms with Crippen LogP contribution in [0.15, 0.2) is 42.7 Å². The van der Waals surface area contributed by atoms with Crippen LogP contribution in [0.3, 0.4) is 0 Å². The monoisotopic (exact) mass is 392 g/mol. The summed E-state index contributed by atoms with van der Waals surface area (Å²) in [6.45, 7) is 2.50. The highest BCUT2D eigenvalue weighted by atomic mass is 19.4. The number of aliphatic hydroxyl groups is 1. The van der Waals surface area contributed by atoms with Crippen molar-refractivity contribution in [3.05, 3.63) is 54.0 Å². The minimum absolute atomic E-state index is 0.0730. The van der Waals surface area contributed by atoms with Crippen molar-refractivity contribution in [1.29, 1.82) is 0 Å². The average molecular weight is 392 g/mol. The van der Waals surface area contributed by atoms with Gasteiger partial charge in [-0.15, -0.1) is 0 Å². The number of fused-ring (bicyclic) bond motifs is 1. The summed E-state index contributed by atoms with van der Waals surface area (Å²) in [6.07, 6.45) is -2.14. The SMILES string of the molecule is OCCN1CCO[C@H](c2cccc(-c3cnc4ccc(C(F)(F)F)cn34)n2)C1. The Kier molecular flexibility index (Phi) is 5.05. The zero-order valence-electron chi connectivity index (χ0n) is 14.9. The molecule has 0 saturated carbocycles. The number of aromatic nitrogens is 3. The molecule has 3 aromatic rings. The van der Waals surface area contributed by atoms with Crippen molar-refractivity contribution >= 4 is 5.65 Å². The average Bonchev–Trinajstić information content (AvgIpc) is 3.11. The van der Waals surface area contributed by atoms with E-state index in [9.17, 15) is 13.2 Å². The van der Waals surface area contributed by atoms with E-state index >= 15 is 0 Å². The number of β-amino-alcohol motifs (C(OH)–C–C–N with tert-alkyl or cyclic N) is 1. The normalized spacial score (nSPS) is 18.6. The van der Waals surface area contributed by atoms with Gasteiger partial charge in [-0.2, -0.15) is 13.2 Å². The molecule has 0 aliphatic carbocycles. The molecular formula is C19H19F3N4O2. The summed E-state index contributed by atoms with van der Waals surface area (Å²) in [5.74, 6) is 0. The summed E-state index contributed by atoms with van der Waals surface area (Å²) in [7, 11) is 0. The molecule has 148 valence electrons. The number of halogens is 3. The first-order chi connectivity index (χ1) is 13.5. The number of alkyl halides is 3. The van der Waals surface area contributed by atoms with E-state index in [0.717, 1.165) is 18.8 Å². The number of hydrogen-bond donors (Lipinski definition) is 1. The van der Waals surface area contributed by atoms with Gasteiger partial charge in [0.15, 0.2) is 0 Å². The largest absolute Gasteiger partial charge is 0.417 e. The molecule has 0 unspecified atom stereocenters. The van der Waals surface area contributed by atoms with E-state index in [1.807, 2.05) is 6.07 Å². The van der Waals surface area contributed by atoms with E-state index in [2.05, 4.69) is 14.9 Å². The molecule has 9 heteroatoms. The lowest BCUT2D eigenvalue weighted by Crippen LogP contribution is -2.40. The highest BCUT2D eigenvalue weighted by Gasteiger charge is 2.31. The predicted molar refractivity (Wildman–Crippen MR) is 95.6 cm³/mol. The van der Waals surface area contributed by atoms with Gasteiger partial charge in [0.25, 0.3) is 0 Å². The van der Waals surface area contributed by atoms with Crippen LogP contribution in [-0.4, -0.2) is 57.2 Å². The highest BCUT2D eigenvalue weighted by molar-refractivity contribution is 5.60. The number of morpholine rings is 1. The van der Waals surface area contributed by atoms with Crippen LogP contribution in [0.25, 0.3) is 17.0 Å². The molecule has 0 amide bonds. The van der Waals surface area contributed by atoms with Crippen LogP contribution in [0.1, 0.15) is 17.4 Å². The summed E-state index contributed by atoms with van der Waals surface area (Å²) in [5.41, 5.74) is 1.36. The summed E-state index contributed by atoms with van der Waals surface area (Å²) in [4.78, 5) is 10.9. The van der Waals surface area contributed by atoms with E-state index in [-0.39, 0.29) is 12.7 Å². The lowest BCUT2D eigenvalue weighted by atomic mass is 10.1. The summed E-state index contributed by atoms with van der Waals surface area (Å²) < 4.78 is 46.4. The molecule has 4 rings (SSSR count). The van der Waals surface area contributed by atoms with Crippen LogP contribution >= 0.6 is 0 Å². The Balaban J connectivity index is 1.68. The summed E-state index contributed by atoms with van der Waals surface area (Å²) in [5, 5.41) is 9.14. The van der Waals surface area contributed by atoms with Gasteiger partial charge < -0.3 is 9.84 Å². The van der Waals surface area contributed by atoms with Crippen molar-refractivity contribution in [2.24, 2.45) is 0 Å². The quantitative estimate of drug-likeness (QED) is 0.740. The van der Waals surface area contributed by atoms with Crippen LogP contribution in [0.5, 0.6) is 0 Å². The number of aliphatic hydroxyl groups excluding tert-OH is 1. The first-order valence-electron chi connectivity index (χ1n) is 8.92. The van der Waals surface area contributed by atoms with Gasteiger partial charge in [0.05, 0.1) is 42.1 Å². The number of hydrogen-bond acceptors (Lipinski definition) is 5. The maximum atomic E-state index is 13.1. The molecule has 0 bridgehead atoms. The number of imidazole rings is 1. The Labute approximate surface area is 159 Å². The molecule has 1 aliphatic rings. The zero-order chi connectivity index (χ0) is 19.7. The number of nitrogens with zero attached hydrogens (tertiary/aromatic N) is 4. The van der Waals surface area contributed by atoms with Crippen molar-refractivity contribution in [2.45, 2.75) is 12.3 Å². The lowest BCUT2D eigenvalue weighted by molar-refractivity contribution is -0.137. The van der Waals surface area contributed by atoms with Gasteiger partial charge in [0, 0.05) is 25.8 Å². The molecular weight excluding hydrogens is 373 g/mol. The standard InChI is InChI=1S/C19H19F3N4O2/c20-19(21,22)13-4-5-18-23-10-16(26(18)11-13)14-2-1-3-15(24-14)17-12-25(6-8-27)7-9-28-17/h1-5,10-11,17,27H,6-9,12H2/t17-/m0/s1. The minimum Gasteiger partial charge on any atom is -0.395 e. The Morgan fingerprint density at radius 3 is 2.86 bits per heavy atom. The first-order valence-corrected chi connectivity index (χ1v) is 8.92. The number of ether oxygens (including phenoxy) is 1. The number of rotatable bonds is 4. The fourth-order valence-corrected chi connectivity index (χ4v) is 3.34. The van der Waals surface area contributed by atoms with Crippen LogP contribution in [0.4, 0.5) is 13.2 Å². The van der Waals surface area contributed by atoms with E-state index in [0.29, 0.717) is 42.4 Å². The molecule has 1 fully saturated rings. The maximum Gasteiger partial charge on any atom is 0.417 e. The van der Waals surface area contributed by atoms with E-state index in [1.54, 1.807) is 12.1 Å². The first kappa shape index (κ1) is 18.9.